The molecule has 0 aromatic heterocycles. The van der Waals surface area contributed by atoms with E-state index < -0.39 is 11.7 Å². The van der Waals surface area contributed by atoms with Gasteiger partial charge in [0.1, 0.15) is 0 Å². The van der Waals surface area contributed by atoms with E-state index in [1.54, 1.807) is 6.07 Å². The Bertz CT molecular complexity index is 484. The topological polar surface area (TPSA) is 39.1 Å². The van der Waals surface area contributed by atoms with Crippen molar-refractivity contribution in [2.75, 3.05) is 25.0 Å². The number of nitrogens with zero attached hydrogens (tertiary/aromatic N) is 2. The lowest BCUT2D eigenvalue weighted by Crippen LogP contribution is -2.57. The molecule has 0 atom stereocenters. The van der Waals surface area contributed by atoms with Gasteiger partial charge in [-0.05, 0) is 25.2 Å². The van der Waals surface area contributed by atoms with Crippen LogP contribution in [0.1, 0.15) is 11.1 Å². The molecule has 0 amide bonds. The average Bonchev–Trinajstić information content (AvgIpc) is 2.26. The molecule has 1 aliphatic heterocycles. The van der Waals surface area contributed by atoms with Crippen LogP contribution < -0.4 is 10.2 Å². The van der Waals surface area contributed by atoms with Crippen LogP contribution in [0.3, 0.4) is 0 Å². The molecular weight excluding hydrogens is 243 g/mol. The van der Waals surface area contributed by atoms with Gasteiger partial charge in [-0.25, -0.2) is 0 Å². The number of hydrogen-bond donors (Lipinski definition) is 1. The van der Waals surface area contributed by atoms with Crippen LogP contribution in [0.4, 0.5) is 18.9 Å². The van der Waals surface area contributed by atoms with E-state index in [0.717, 1.165) is 19.2 Å². The van der Waals surface area contributed by atoms with E-state index in [1.807, 2.05) is 11.9 Å². The van der Waals surface area contributed by atoms with Crippen molar-refractivity contribution in [2.24, 2.45) is 0 Å². The monoisotopic (exact) mass is 255 g/mol. The van der Waals surface area contributed by atoms with E-state index in [4.69, 9.17) is 5.26 Å². The summed E-state index contributed by atoms with van der Waals surface area (Å²) in [5.74, 6) is 0. The minimum Gasteiger partial charge on any atom is -0.368 e. The van der Waals surface area contributed by atoms with Crippen molar-refractivity contribution in [1.29, 1.82) is 5.26 Å². The highest BCUT2D eigenvalue weighted by Crippen LogP contribution is 2.34. The molecule has 6 heteroatoms. The fourth-order valence-corrected chi connectivity index (χ4v) is 1.94. The van der Waals surface area contributed by atoms with Crippen molar-refractivity contribution in [3.63, 3.8) is 0 Å². The summed E-state index contributed by atoms with van der Waals surface area (Å²) < 4.78 is 37.8. The molecule has 1 heterocycles. The lowest BCUT2D eigenvalue weighted by Gasteiger charge is -2.41. The first-order valence-electron chi connectivity index (χ1n) is 5.49. The van der Waals surface area contributed by atoms with Crippen LogP contribution in [0, 0.1) is 11.3 Å². The summed E-state index contributed by atoms with van der Waals surface area (Å²) in [5, 5.41) is 11.9. The summed E-state index contributed by atoms with van der Waals surface area (Å²) in [6.07, 6.45) is -4.48. The van der Waals surface area contributed by atoms with E-state index in [1.165, 1.54) is 12.1 Å². The summed E-state index contributed by atoms with van der Waals surface area (Å²) in [6.45, 7) is 1.49. The molecule has 0 unspecified atom stereocenters. The second kappa shape index (κ2) is 4.50. The molecule has 3 nitrogen and oxygen atoms in total. The quantitative estimate of drug-likeness (QED) is 0.878. The molecule has 18 heavy (non-hydrogen) atoms. The summed E-state index contributed by atoms with van der Waals surface area (Å²) in [7, 11) is 1.84. The maximum Gasteiger partial charge on any atom is 0.417 e. The van der Waals surface area contributed by atoms with Crippen LogP contribution >= 0.6 is 0 Å². The van der Waals surface area contributed by atoms with Crippen LogP contribution in [-0.2, 0) is 6.18 Å². The van der Waals surface area contributed by atoms with E-state index in [9.17, 15) is 13.2 Å². The fraction of sp³-hybridized carbons (Fsp3) is 0.417. The van der Waals surface area contributed by atoms with Gasteiger partial charge in [-0.2, -0.15) is 18.4 Å². The molecule has 0 bridgehead atoms. The number of benzene rings is 1. The van der Waals surface area contributed by atoms with Gasteiger partial charge in [-0.1, -0.05) is 0 Å². The Morgan fingerprint density at radius 2 is 2.06 bits per heavy atom. The molecular formula is C12H12F3N3. The minimum absolute atomic E-state index is 0.326. The Kier molecular flexibility index (Phi) is 3.18. The molecule has 1 N–H and O–H groups in total. The highest BCUT2D eigenvalue weighted by molar-refractivity contribution is 5.57. The molecule has 0 spiro atoms. The van der Waals surface area contributed by atoms with Crippen molar-refractivity contribution >= 4 is 5.69 Å². The summed E-state index contributed by atoms with van der Waals surface area (Å²) in [6, 6.07) is 5.65. The van der Waals surface area contributed by atoms with Gasteiger partial charge in [0.05, 0.1) is 17.2 Å². The maximum atomic E-state index is 12.6. The number of rotatable bonds is 2. The number of alkyl halides is 3. The van der Waals surface area contributed by atoms with Crippen LogP contribution in [-0.4, -0.2) is 26.2 Å². The Morgan fingerprint density at radius 3 is 2.56 bits per heavy atom. The van der Waals surface area contributed by atoms with E-state index in [2.05, 4.69) is 5.32 Å². The van der Waals surface area contributed by atoms with Crippen molar-refractivity contribution < 1.29 is 13.2 Å². The molecule has 0 aliphatic carbocycles. The number of hydrogen-bond acceptors (Lipinski definition) is 3. The molecule has 0 saturated carbocycles. The number of halogens is 3. The first-order chi connectivity index (χ1) is 8.45. The second-order valence-electron chi connectivity index (χ2n) is 4.23. The van der Waals surface area contributed by atoms with Crippen LogP contribution in [0.2, 0.25) is 0 Å². The largest absolute Gasteiger partial charge is 0.417 e. The first-order valence-corrected chi connectivity index (χ1v) is 5.49. The van der Waals surface area contributed by atoms with Crippen molar-refractivity contribution in [1.82, 2.24) is 5.32 Å². The Labute approximate surface area is 103 Å². The van der Waals surface area contributed by atoms with Gasteiger partial charge in [-0.3, -0.25) is 0 Å². The Morgan fingerprint density at radius 1 is 1.39 bits per heavy atom. The number of anilines is 1. The lowest BCUT2D eigenvalue weighted by molar-refractivity contribution is -0.137. The molecule has 1 aromatic rings. The van der Waals surface area contributed by atoms with Crippen molar-refractivity contribution in [3.05, 3.63) is 29.3 Å². The summed E-state index contributed by atoms with van der Waals surface area (Å²) in [5.41, 5.74) is -0.543. The van der Waals surface area contributed by atoms with Gasteiger partial charge < -0.3 is 10.2 Å². The first kappa shape index (κ1) is 12.7. The zero-order valence-electron chi connectivity index (χ0n) is 9.75. The molecule has 2 rings (SSSR count). The van der Waals surface area contributed by atoms with E-state index in [-0.39, 0.29) is 5.56 Å². The zero-order valence-corrected chi connectivity index (χ0v) is 9.75. The second-order valence-corrected chi connectivity index (χ2v) is 4.23. The zero-order chi connectivity index (χ0) is 13.3. The molecule has 1 saturated heterocycles. The summed E-state index contributed by atoms with van der Waals surface area (Å²) >= 11 is 0. The van der Waals surface area contributed by atoms with Gasteiger partial charge in [-0.15, -0.1) is 0 Å². The lowest BCUT2D eigenvalue weighted by atomic mass is 10.0. The van der Waals surface area contributed by atoms with Gasteiger partial charge in [0.15, 0.2) is 0 Å². The van der Waals surface area contributed by atoms with E-state index >= 15 is 0 Å². The van der Waals surface area contributed by atoms with Gasteiger partial charge in [0.2, 0.25) is 0 Å². The summed E-state index contributed by atoms with van der Waals surface area (Å²) in [4.78, 5) is 1.93. The molecule has 96 valence electrons. The average molecular weight is 255 g/mol. The van der Waals surface area contributed by atoms with Crippen LogP contribution in [0.5, 0.6) is 0 Å². The standard InChI is InChI=1S/C12H12F3N3/c1-17-9-6-18(7-9)10-2-3-11(12(13,14)15)8(4-10)5-16/h2-4,9,17H,6-7H2,1H3. The highest BCUT2D eigenvalue weighted by atomic mass is 19.4. The predicted molar refractivity (Wildman–Crippen MR) is 61.2 cm³/mol. The molecule has 1 fully saturated rings. The van der Waals surface area contributed by atoms with Gasteiger partial charge in [0.25, 0.3) is 0 Å². The smallest absolute Gasteiger partial charge is 0.368 e. The molecule has 0 radical (unpaired) electrons. The Balaban J connectivity index is 2.24. The number of likely N-dealkylation sites (N-methyl/N-ethyl adjacent to an activating group) is 1. The third-order valence-electron chi connectivity index (χ3n) is 3.08. The molecule has 1 aromatic carbocycles. The van der Waals surface area contributed by atoms with Crippen molar-refractivity contribution in [2.45, 2.75) is 12.2 Å². The fourth-order valence-electron chi connectivity index (χ4n) is 1.94. The normalized spacial score (nSPS) is 16.3. The number of nitriles is 1. The number of nitrogens with one attached hydrogen (secondary N) is 1. The third-order valence-corrected chi connectivity index (χ3v) is 3.08. The van der Waals surface area contributed by atoms with Gasteiger partial charge >= 0.3 is 6.18 Å². The van der Waals surface area contributed by atoms with Crippen LogP contribution in [0.15, 0.2) is 18.2 Å². The SMILES string of the molecule is CNC1CN(c2ccc(C(F)(F)F)c(C#N)c2)C1. The molecule has 1 aliphatic rings. The highest BCUT2D eigenvalue weighted by Gasteiger charge is 2.34. The van der Waals surface area contributed by atoms with Crippen molar-refractivity contribution in [3.8, 4) is 6.07 Å². The third kappa shape index (κ3) is 2.27. The van der Waals surface area contributed by atoms with E-state index in [0.29, 0.717) is 11.7 Å². The predicted octanol–water partition coefficient (Wildman–Crippen LogP) is 1.99. The maximum absolute atomic E-state index is 12.6. The minimum atomic E-state index is -4.48. The van der Waals surface area contributed by atoms with Crippen LogP contribution in [0.25, 0.3) is 0 Å². The van der Waals surface area contributed by atoms with Gasteiger partial charge in [0, 0.05) is 24.8 Å². The Hall–Kier alpha value is -1.74.